The quantitative estimate of drug-likeness (QED) is 0.802. The van der Waals surface area contributed by atoms with Gasteiger partial charge in [0, 0.05) is 17.1 Å². The molecule has 112 valence electrons. The van der Waals surface area contributed by atoms with Crippen molar-refractivity contribution in [2.24, 2.45) is 5.73 Å². The summed E-state index contributed by atoms with van der Waals surface area (Å²) < 4.78 is 5.86. The fourth-order valence-corrected chi connectivity index (χ4v) is 2.39. The van der Waals surface area contributed by atoms with Crippen LogP contribution in [0.2, 0.25) is 10.0 Å². The van der Waals surface area contributed by atoms with Gasteiger partial charge in [-0.05, 0) is 49.1 Å². The average molecular weight is 324 g/mol. The van der Waals surface area contributed by atoms with Crippen LogP contribution in [0.25, 0.3) is 0 Å². The van der Waals surface area contributed by atoms with E-state index in [9.17, 15) is 0 Å². The van der Waals surface area contributed by atoms with Crippen LogP contribution >= 0.6 is 23.2 Å². The molecule has 0 fully saturated rings. The molecule has 2 aromatic rings. The van der Waals surface area contributed by atoms with Gasteiger partial charge in [0.05, 0.1) is 5.02 Å². The van der Waals surface area contributed by atoms with E-state index in [1.807, 2.05) is 19.1 Å². The minimum absolute atomic E-state index is 0.193. The van der Waals surface area contributed by atoms with Crippen LogP contribution in [-0.4, -0.2) is 6.04 Å². The van der Waals surface area contributed by atoms with Gasteiger partial charge in [-0.1, -0.05) is 42.3 Å². The third-order valence-electron chi connectivity index (χ3n) is 3.37. The molecule has 1 unspecified atom stereocenters. The average Bonchev–Trinajstić information content (AvgIpc) is 2.45. The van der Waals surface area contributed by atoms with Crippen LogP contribution in [0.3, 0.4) is 0 Å². The molecular formula is C17H19Cl2NO. The van der Waals surface area contributed by atoms with Gasteiger partial charge in [-0.2, -0.15) is 0 Å². The van der Waals surface area contributed by atoms with E-state index in [4.69, 9.17) is 33.7 Å². The largest absolute Gasteiger partial charge is 0.455 e. The first-order valence-electron chi connectivity index (χ1n) is 6.97. The van der Waals surface area contributed by atoms with Crippen LogP contribution in [0.5, 0.6) is 11.5 Å². The Morgan fingerprint density at radius 3 is 2.52 bits per heavy atom. The Morgan fingerprint density at radius 2 is 1.86 bits per heavy atom. The summed E-state index contributed by atoms with van der Waals surface area (Å²) in [5.74, 6) is 1.33. The normalized spacial score (nSPS) is 12.2. The summed E-state index contributed by atoms with van der Waals surface area (Å²) in [5.41, 5.74) is 8.25. The standard InChI is InChI=1S/C17H19Cl2NO/c1-3-14(20)9-12-4-7-16(11(2)8-12)21-17-10-13(18)5-6-15(17)19/h4-8,10,14H,3,9,20H2,1-2H3. The first kappa shape index (κ1) is 16.2. The predicted molar refractivity (Wildman–Crippen MR) is 89.7 cm³/mol. The van der Waals surface area contributed by atoms with Gasteiger partial charge >= 0.3 is 0 Å². The van der Waals surface area contributed by atoms with Gasteiger partial charge in [-0.3, -0.25) is 0 Å². The van der Waals surface area contributed by atoms with Crippen molar-refractivity contribution in [3.05, 3.63) is 57.6 Å². The fraction of sp³-hybridized carbons (Fsp3) is 0.294. The second kappa shape index (κ2) is 7.17. The number of hydrogen-bond donors (Lipinski definition) is 1. The number of halogens is 2. The molecule has 0 saturated carbocycles. The van der Waals surface area contributed by atoms with Gasteiger partial charge in [-0.25, -0.2) is 0 Å². The van der Waals surface area contributed by atoms with Crippen molar-refractivity contribution in [2.75, 3.05) is 0 Å². The van der Waals surface area contributed by atoms with E-state index >= 15 is 0 Å². The Labute approximate surface area is 135 Å². The van der Waals surface area contributed by atoms with Crippen molar-refractivity contribution in [2.45, 2.75) is 32.7 Å². The molecule has 2 nitrogen and oxygen atoms in total. The van der Waals surface area contributed by atoms with Crippen LogP contribution in [0, 0.1) is 6.92 Å². The topological polar surface area (TPSA) is 35.2 Å². The third kappa shape index (κ3) is 4.37. The molecular weight excluding hydrogens is 305 g/mol. The zero-order chi connectivity index (χ0) is 15.4. The van der Waals surface area contributed by atoms with Crippen LogP contribution in [0.15, 0.2) is 36.4 Å². The minimum Gasteiger partial charge on any atom is -0.455 e. The monoisotopic (exact) mass is 323 g/mol. The van der Waals surface area contributed by atoms with Crippen molar-refractivity contribution in [3.8, 4) is 11.5 Å². The van der Waals surface area contributed by atoms with E-state index < -0.39 is 0 Å². The summed E-state index contributed by atoms with van der Waals surface area (Å²) in [4.78, 5) is 0. The highest BCUT2D eigenvalue weighted by molar-refractivity contribution is 6.34. The van der Waals surface area contributed by atoms with E-state index in [1.165, 1.54) is 5.56 Å². The van der Waals surface area contributed by atoms with E-state index in [2.05, 4.69) is 13.0 Å². The lowest BCUT2D eigenvalue weighted by Gasteiger charge is -2.13. The molecule has 2 N–H and O–H groups in total. The molecule has 0 amide bonds. The van der Waals surface area contributed by atoms with Gasteiger partial charge < -0.3 is 10.5 Å². The number of hydrogen-bond acceptors (Lipinski definition) is 2. The molecule has 4 heteroatoms. The molecule has 0 aliphatic carbocycles. The van der Waals surface area contributed by atoms with Crippen molar-refractivity contribution >= 4 is 23.2 Å². The molecule has 0 saturated heterocycles. The van der Waals surface area contributed by atoms with Crippen molar-refractivity contribution in [3.63, 3.8) is 0 Å². The Hall–Kier alpha value is -1.22. The summed E-state index contributed by atoms with van der Waals surface area (Å²) in [6.07, 6.45) is 1.84. The number of nitrogens with two attached hydrogens (primary N) is 1. The summed E-state index contributed by atoms with van der Waals surface area (Å²) in [5, 5.41) is 1.13. The third-order valence-corrected chi connectivity index (χ3v) is 3.92. The first-order chi connectivity index (χ1) is 9.99. The highest BCUT2D eigenvalue weighted by Gasteiger charge is 2.08. The van der Waals surface area contributed by atoms with E-state index in [0.717, 1.165) is 24.2 Å². The van der Waals surface area contributed by atoms with E-state index in [-0.39, 0.29) is 6.04 Å². The molecule has 0 heterocycles. The first-order valence-corrected chi connectivity index (χ1v) is 7.73. The lowest BCUT2D eigenvalue weighted by molar-refractivity contribution is 0.478. The van der Waals surface area contributed by atoms with Crippen molar-refractivity contribution in [1.29, 1.82) is 0 Å². The van der Waals surface area contributed by atoms with Crippen molar-refractivity contribution < 1.29 is 4.74 Å². The summed E-state index contributed by atoms with van der Waals surface area (Å²) in [6.45, 7) is 4.10. The minimum atomic E-state index is 0.193. The van der Waals surface area contributed by atoms with Gasteiger partial charge in [0.2, 0.25) is 0 Å². The molecule has 0 aromatic heterocycles. The van der Waals surface area contributed by atoms with Gasteiger partial charge in [0.25, 0.3) is 0 Å². The molecule has 1 atom stereocenters. The smallest absolute Gasteiger partial charge is 0.147 e. The molecule has 0 spiro atoms. The second-order valence-corrected chi connectivity index (χ2v) is 5.99. The zero-order valence-corrected chi connectivity index (χ0v) is 13.7. The molecule has 0 aliphatic heterocycles. The maximum absolute atomic E-state index is 6.12. The Kier molecular flexibility index (Phi) is 5.51. The van der Waals surface area contributed by atoms with Crippen LogP contribution < -0.4 is 10.5 Å². The fourth-order valence-electron chi connectivity index (χ4n) is 2.07. The predicted octanol–water partition coefficient (Wildman–Crippen LogP) is 5.37. The highest BCUT2D eigenvalue weighted by atomic mass is 35.5. The second-order valence-electron chi connectivity index (χ2n) is 5.15. The van der Waals surface area contributed by atoms with Gasteiger partial charge in [0.1, 0.15) is 11.5 Å². The van der Waals surface area contributed by atoms with E-state index in [1.54, 1.807) is 18.2 Å². The number of benzene rings is 2. The van der Waals surface area contributed by atoms with Gasteiger partial charge in [-0.15, -0.1) is 0 Å². The van der Waals surface area contributed by atoms with Gasteiger partial charge in [0.15, 0.2) is 0 Å². The molecule has 0 bridgehead atoms. The highest BCUT2D eigenvalue weighted by Crippen LogP contribution is 2.33. The molecule has 21 heavy (non-hydrogen) atoms. The number of rotatable bonds is 5. The molecule has 2 rings (SSSR count). The Balaban J connectivity index is 2.19. The summed E-state index contributed by atoms with van der Waals surface area (Å²) >= 11 is 12.1. The molecule has 0 aliphatic rings. The van der Waals surface area contributed by atoms with Crippen LogP contribution in [0.1, 0.15) is 24.5 Å². The lowest BCUT2D eigenvalue weighted by Crippen LogP contribution is -2.21. The summed E-state index contributed by atoms with van der Waals surface area (Å²) in [6, 6.07) is 11.5. The van der Waals surface area contributed by atoms with E-state index in [0.29, 0.717) is 15.8 Å². The summed E-state index contributed by atoms with van der Waals surface area (Å²) in [7, 11) is 0. The number of ether oxygens (including phenoxy) is 1. The zero-order valence-electron chi connectivity index (χ0n) is 12.2. The maximum Gasteiger partial charge on any atom is 0.147 e. The Morgan fingerprint density at radius 1 is 1.10 bits per heavy atom. The Bertz CT molecular complexity index is 628. The van der Waals surface area contributed by atoms with Crippen molar-refractivity contribution in [1.82, 2.24) is 0 Å². The van der Waals surface area contributed by atoms with Crippen LogP contribution in [0.4, 0.5) is 0 Å². The SMILES string of the molecule is CCC(N)Cc1ccc(Oc2cc(Cl)ccc2Cl)c(C)c1. The molecule has 0 radical (unpaired) electrons. The number of aryl methyl sites for hydroxylation is 1. The van der Waals surface area contributed by atoms with Crippen LogP contribution in [-0.2, 0) is 6.42 Å². The lowest BCUT2D eigenvalue weighted by atomic mass is 10.0. The maximum atomic E-state index is 6.12. The molecule has 2 aromatic carbocycles.